The molecule has 1 saturated carbocycles. The Hall–Kier alpha value is -2.16. The summed E-state index contributed by atoms with van der Waals surface area (Å²) in [5.41, 5.74) is 0.974. The number of carbonyl (C=O) groups is 1. The van der Waals surface area contributed by atoms with Crippen molar-refractivity contribution >= 4 is 16.2 Å². The van der Waals surface area contributed by atoms with Crippen LogP contribution in [-0.2, 0) is 33.2 Å². The fourth-order valence-electron chi connectivity index (χ4n) is 4.25. The molecule has 1 N–H and O–H groups in total. The van der Waals surface area contributed by atoms with Gasteiger partial charge >= 0.3 is 6.09 Å². The van der Waals surface area contributed by atoms with Crippen LogP contribution >= 0.6 is 0 Å². The smallest absolute Gasteiger partial charge is 0.407 e. The van der Waals surface area contributed by atoms with Crippen LogP contribution in [0.1, 0.15) is 31.2 Å². The third-order valence-electron chi connectivity index (χ3n) is 6.28. The quantitative estimate of drug-likeness (QED) is 0.200. The lowest BCUT2D eigenvalue weighted by atomic mass is 10.1. The SMILES string of the molecule is Cc1ccc(S(=O)(=O)OCCOCCOCCOCCNC(=O)OCC2[C@H]3CCC#CCC[C@@H]23)cc1. The first kappa shape index (κ1) is 28.4. The second-order valence-electron chi connectivity index (χ2n) is 8.87. The van der Waals surface area contributed by atoms with Gasteiger partial charge in [-0.05, 0) is 49.7 Å². The normalized spacial score (nSPS) is 20.9. The monoisotopic (exact) mass is 523 g/mol. The molecular formula is C26H37NO8S. The van der Waals surface area contributed by atoms with E-state index in [9.17, 15) is 13.2 Å². The Kier molecular flexibility index (Phi) is 12.0. The van der Waals surface area contributed by atoms with Crippen molar-refractivity contribution < 1.29 is 36.3 Å². The van der Waals surface area contributed by atoms with Crippen LogP contribution in [0.25, 0.3) is 0 Å². The van der Waals surface area contributed by atoms with Crippen molar-refractivity contribution in [2.75, 3.05) is 59.4 Å². The lowest BCUT2D eigenvalue weighted by Crippen LogP contribution is -2.29. The Morgan fingerprint density at radius 1 is 0.889 bits per heavy atom. The highest BCUT2D eigenvalue weighted by molar-refractivity contribution is 7.86. The third kappa shape index (κ3) is 10.1. The number of carbonyl (C=O) groups excluding carboxylic acids is 1. The molecule has 1 aromatic rings. The molecule has 3 rings (SSSR count). The molecule has 36 heavy (non-hydrogen) atoms. The zero-order valence-corrected chi connectivity index (χ0v) is 21.7. The van der Waals surface area contributed by atoms with E-state index in [1.807, 2.05) is 6.92 Å². The maximum Gasteiger partial charge on any atom is 0.407 e. The summed E-state index contributed by atoms with van der Waals surface area (Å²) in [6.07, 6.45) is 3.73. The van der Waals surface area contributed by atoms with Crippen LogP contribution in [0.5, 0.6) is 0 Å². The first-order chi connectivity index (χ1) is 17.5. The number of hydrogen-bond donors (Lipinski definition) is 1. The van der Waals surface area contributed by atoms with Gasteiger partial charge in [-0.3, -0.25) is 4.18 Å². The number of rotatable bonds is 16. The molecule has 9 nitrogen and oxygen atoms in total. The molecule has 0 bridgehead atoms. The van der Waals surface area contributed by atoms with Crippen molar-refractivity contribution in [3.8, 4) is 11.8 Å². The van der Waals surface area contributed by atoms with Gasteiger partial charge < -0.3 is 24.3 Å². The van der Waals surface area contributed by atoms with Gasteiger partial charge in [-0.2, -0.15) is 8.42 Å². The molecular weight excluding hydrogens is 486 g/mol. The number of nitrogens with one attached hydrogen (secondary N) is 1. The minimum absolute atomic E-state index is 0.0640. The van der Waals surface area contributed by atoms with Gasteiger partial charge in [-0.1, -0.05) is 17.7 Å². The average molecular weight is 524 g/mol. The van der Waals surface area contributed by atoms with E-state index >= 15 is 0 Å². The highest BCUT2D eigenvalue weighted by Crippen LogP contribution is 2.52. The Bertz CT molecular complexity index is 952. The van der Waals surface area contributed by atoms with Crippen LogP contribution in [0.2, 0.25) is 0 Å². The Labute approximate surface area is 214 Å². The van der Waals surface area contributed by atoms with Gasteiger partial charge in [0.05, 0.1) is 57.8 Å². The van der Waals surface area contributed by atoms with Crippen LogP contribution in [0, 0.1) is 36.5 Å². The highest BCUT2D eigenvalue weighted by atomic mass is 32.2. The van der Waals surface area contributed by atoms with E-state index in [-0.39, 0.29) is 18.1 Å². The van der Waals surface area contributed by atoms with Crippen molar-refractivity contribution in [1.82, 2.24) is 5.32 Å². The van der Waals surface area contributed by atoms with Crippen molar-refractivity contribution in [1.29, 1.82) is 0 Å². The summed E-state index contributed by atoms with van der Waals surface area (Å²) >= 11 is 0. The molecule has 2 aliphatic carbocycles. The third-order valence-corrected chi connectivity index (χ3v) is 7.61. The molecule has 1 unspecified atom stereocenters. The fourth-order valence-corrected chi connectivity index (χ4v) is 5.14. The van der Waals surface area contributed by atoms with Crippen molar-refractivity contribution in [2.24, 2.45) is 17.8 Å². The maximum absolute atomic E-state index is 12.0. The lowest BCUT2D eigenvalue weighted by Gasteiger charge is -2.09. The number of alkyl carbamates (subject to hydrolysis) is 1. The minimum atomic E-state index is -3.77. The van der Waals surface area contributed by atoms with E-state index < -0.39 is 16.2 Å². The van der Waals surface area contributed by atoms with Crippen molar-refractivity contribution in [3.63, 3.8) is 0 Å². The molecule has 0 aromatic heterocycles. The minimum Gasteiger partial charge on any atom is -0.449 e. The zero-order valence-electron chi connectivity index (χ0n) is 20.9. The lowest BCUT2D eigenvalue weighted by molar-refractivity contribution is 0.0101. The fraction of sp³-hybridized carbons (Fsp3) is 0.654. The molecule has 10 heteroatoms. The Morgan fingerprint density at radius 3 is 2.06 bits per heavy atom. The number of ether oxygens (including phenoxy) is 4. The van der Waals surface area contributed by atoms with Crippen molar-refractivity contribution in [3.05, 3.63) is 29.8 Å². The van der Waals surface area contributed by atoms with Gasteiger partial charge in [-0.25, -0.2) is 4.79 Å². The summed E-state index contributed by atoms with van der Waals surface area (Å²) in [5, 5.41) is 2.70. The molecule has 0 spiro atoms. The maximum atomic E-state index is 12.0. The summed E-state index contributed by atoms with van der Waals surface area (Å²) in [6, 6.07) is 6.47. The first-order valence-electron chi connectivity index (χ1n) is 12.5. The average Bonchev–Trinajstić information content (AvgIpc) is 3.49. The molecule has 2 aliphatic rings. The molecule has 200 valence electrons. The predicted molar refractivity (Wildman–Crippen MR) is 133 cm³/mol. The number of fused-ring (bicyclic) bond motifs is 1. The van der Waals surface area contributed by atoms with E-state index in [0.717, 1.165) is 31.2 Å². The second-order valence-corrected chi connectivity index (χ2v) is 10.5. The van der Waals surface area contributed by atoms with Gasteiger partial charge in [0.1, 0.15) is 0 Å². The Balaban J connectivity index is 1.07. The highest BCUT2D eigenvalue weighted by Gasteiger charge is 2.49. The van der Waals surface area contributed by atoms with E-state index in [2.05, 4.69) is 17.2 Å². The van der Waals surface area contributed by atoms with E-state index in [1.165, 1.54) is 12.1 Å². The standard InChI is InChI=1S/C26H37NO8S/c1-21-8-10-22(11-9-21)36(29,30)35-19-18-33-17-16-32-15-14-31-13-12-27-26(28)34-20-25-23-6-4-2-3-5-7-24(23)25/h8-11,23-25H,4-7,12-20H2,1H3,(H,27,28)/t23-,24+,25?. The van der Waals surface area contributed by atoms with Gasteiger partial charge in [0.15, 0.2) is 0 Å². The summed E-state index contributed by atoms with van der Waals surface area (Å²) < 4.78 is 50.5. The summed E-state index contributed by atoms with van der Waals surface area (Å²) in [4.78, 5) is 12.0. The molecule has 0 aliphatic heterocycles. The van der Waals surface area contributed by atoms with Crippen LogP contribution in [0.4, 0.5) is 4.79 Å². The number of hydrogen-bond acceptors (Lipinski definition) is 8. The first-order valence-corrected chi connectivity index (χ1v) is 13.9. The largest absolute Gasteiger partial charge is 0.449 e. The Morgan fingerprint density at radius 2 is 1.44 bits per heavy atom. The predicted octanol–water partition coefficient (Wildman–Crippen LogP) is 2.92. The molecule has 1 aromatic carbocycles. The molecule has 0 heterocycles. The molecule has 3 atom stereocenters. The number of amides is 1. The van der Waals surface area contributed by atoms with Crippen LogP contribution in [0.15, 0.2) is 29.2 Å². The van der Waals surface area contributed by atoms with Crippen LogP contribution in [0.3, 0.4) is 0 Å². The summed E-state index contributed by atoms with van der Waals surface area (Å²) in [5.74, 6) is 8.17. The second kappa shape index (κ2) is 15.2. The number of aryl methyl sites for hydroxylation is 1. The summed E-state index contributed by atoms with van der Waals surface area (Å²) in [6.45, 7) is 4.63. The van der Waals surface area contributed by atoms with E-state index in [4.69, 9.17) is 23.1 Å². The topological polar surface area (TPSA) is 109 Å². The van der Waals surface area contributed by atoms with Gasteiger partial charge in [0, 0.05) is 19.4 Å². The van der Waals surface area contributed by atoms with Gasteiger partial charge in [-0.15, -0.1) is 11.8 Å². The van der Waals surface area contributed by atoms with Gasteiger partial charge in [0.25, 0.3) is 10.1 Å². The van der Waals surface area contributed by atoms with Crippen LogP contribution in [-0.4, -0.2) is 73.9 Å². The zero-order chi connectivity index (χ0) is 25.6. The molecule has 1 fully saturated rings. The van der Waals surface area contributed by atoms with E-state index in [1.54, 1.807) is 12.1 Å². The van der Waals surface area contributed by atoms with Crippen molar-refractivity contribution in [2.45, 2.75) is 37.5 Å². The molecule has 0 saturated heterocycles. The molecule has 0 radical (unpaired) electrons. The van der Waals surface area contributed by atoms with Crippen LogP contribution < -0.4 is 5.32 Å². The van der Waals surface area contributed by atoms with E-state index in [0.29, 0.717) is 63.9 Å². The van der Waals surface area contributed by atoms with Gasteiger partial charge in [0.2, 0.25) is 0 Å². The number of benzene rings is 1. The molecule has 1 amide bonds. The summed E-state index contributed by atoms with van der Waals surface area (Å²) in [7, 11) is -3.77.